The summed E-state index contributed by atoms with van der Waals surface area (Å²) in [6.45, 7) is 2.03. The van der Waals surface area contributed by atoms with Crippen molar-refractivity contribution in [1.29, 1.82) is 0 Å². The topological polar surface area (TPSA) is 51.7 Å². The van der Waals surface area contributed by atoms with Crippen molar-refractivity contribution >= 4 is 5.91 Å². The number of benzene rings is 1. The number of amides is 1. The first-order valence-electron chi connectivity index (χ1n) is 9.16. The Bertz CT molecular complexity index is 705. The fraction of sp³-hybridized carbons (Fsp3) is 0.429. The van der Waals surface area contributed by atoms with Crippen molar-refractivity contribution in [2.75, 3.05) is 20.2 Å². The zero-order valence-electron chi connectivity index (χ0n) is 15.3. The molecule has 0 radical (unpaired) electrons. The smallest absolute Gasteiger partial charge is 0.222 e. The average Bonchev–Trinajstić information content (AvgIpc) is 2.71. The number of pyridine rings is 1. The number of aromatic nitrogens is 1. The van der Waals surface area contributed by atoms with Crippen LogP contribution < -0.4 is 4.74 Å². The average molecular weight is 354 g/mol. The number of carbonyl (C=O) groups excluding carboxylic acids is 1. The Morgan fingerprint density at radius 2 is 2.15 bits per heavy atom. The van der Waals surface area contributed by atoms with Gasteiger partial charge in [0.1, 0.15) is 5.75 Å². The Labute approximate surface area is 155 Å². The molecule has 1 fully saturated rings. The van der Waals surface area contributed by atoms with Gasteiger partial charge < -0.3 is 14.4 Å². The molecule has 26 heavy (non-hydrogen) atoms. The Morgan fingerprint density at radius 3 is 2.96 bits per heavy atom. The van der Waals surface area contributed by atoms with Gasteiger partial charge in [-0.15, -0.1) is 0 Å². The number of hydrogen-bond acceptors (Lipinski definition) is 4. The predicted octanol–water partition coefficient (Wildman–Crippen LogP) is 3.23. The van der Waals surface area contributed by atoms with Crippen LogP contribution in [-0.2, 0) is 22.6 Å². The number of ether oxygens (including phenoxy) is 2. The molecule has 1 aromatic carbocycles. The SMILES string of the molecule is COc1ccccc1CCC(=O)N1CCCC(OCc2cccnc2)C1. The van der Waals surface area contributed by atoms with Gasteiger partial charge in [0.2, 0.25) is 5.91 Å². The predicted molar refractivity (Wildman–Crippen MR) is 99.9 cm³/mol. The van der Waals surface area contributed by atoms with Gasteiger partial charge in [-0.2, -0.15) is 0 Å². The van der Waals surface area contributed by atoms with Gasteiger partial charge in [-0.3, -0.25) is 9.78 Å². The summed E-state index contributed by atoms with van der Waals surface area (Å²) in [6, 6.07) is 11.8. The lowest BCUT2D eigenvalue weighted by atomic mass is 10.1. The van der Waals surface area contributed by atoms with E-state index in [0.29, 0.717) is 26.0 Å². The van der Waals surface area contributed by atoms with E-state index in [-0.39, 0.29) is 12.0 Å². The molecule has 3 rings (SSSR count). The van der Waals surface area contributed by atoms with Crippen molar-refractivity contribution in [3.63, 3.8) is 0 Å². The minimum absolute atomic E-state index is 0.0965. The summed E-state index contributed by atoms with van der Waals surface area (Å²) in [5.41, 5.74) is 2.14. The van der Waals surface area contributed by atoms with Gasteiger partial charge in [0, 0.05) is 31.9 Å². The Kier molecular flexibility index (Phi) is 6.61. The van der Waals surface area contributed by atoms with Gasteiger partial charge in [0.05, 0.1) is 19.8 Å². The largest absolute Gasteiger partial charge is 0.496 e. The first kappa shape index (κ1) is 18.4. The highest BCUT2D eigenvalue weighted by molar-refractivity contribution is 5.76. The lowest BCUT2D eigenvalue weighted by Crippen LogP contribution is -2.43. The van der Waals surface area contributed by atoms with Crippen molar-refractivity contribution in [2.24, 2.45) is 0 Å². The quantitative estimate of drug-likeness (QED) is 0.766. The van der Waals surface area contributed by atoms with E-state index >= 15 is 0 Å². The van der Waals surface area contributed by atoms with Crippen molar-refractivity contribution in [1.82, 2.24) is 9.88 Å². The highest BCUT2D eigenvalue weighted by Gasteiger charge is 2.24. The fourth-order valence-electron chi connectivity index (χ4n) is 3.31. The number of para-hydroxylation sites is 1. The Morgan fingerprint density at radius 1 is 1.27 bits per heavy atom. The second kappa shape index (κ2) is 9.34. The van der Waals surface area contributed by atoms with Gasteiger partial charge >= 0.3 is 0 Å². The van der Waals surface area contributed by atoms with E-state index in [0.717, 1.165) is 36.3 Å². The monoisotopic (exact) mass is 354 g/mol. The molecule has 1 aliphatic rings. The summed E-state index contributed by atoms with van der Waals surface area (Å²) in [6.07, 6.45) is 6.84. The van der Waals surface area contributed by atoms with E-state index in [4.69, 9.17) is 9.47 Å². The molecule has 138 valence electrons. The van der Waals surface area contributed by atoms with Crippen molar-refractivity contribution in [3.05, 3.63) is 59.9 Å². The third-order valence-electron chi connectivity index (χ3n) is 4.74. The van der Waals surface area contributed by atoms with Crippen molar-refractivity contribution in [2.45, 2.75) is 38.4 Å². The molecule has 5 heteroatoms. The van der Waals surface area contributed by atoms with Gasteiger partial charge in [-0.1, -0.05) is 24.3 Å². The molecule has 0 N–H and O–H groups in total. The van der Waals surface area contributed by atoms with E-state index in [1.807, 2.05) is 47.5 Å². The van der Waals surface area contributed by atoms with E-state index < -0.39 is 0 Å². The number of nitrogens with zero attached hydrogens (tertiary/aromatic N) is 2. The molecule has 2 aromatic rings. The molecule has 0 bridgehead atoms. The number of piperidine rings is 1. The van der Waals surface area contributed by atoms with Crippen molar-refractivity contribution < 1.29 is 14.3 Å². The maximum Gasteiger partial charge on any atom is 0.222 e. The molecule has 1 saturated heterocycles. The zero-order chi connectivity index (χ0) is 18.2. The highest BCUT2D eigenvalue weighted by atomic mass is 16.5. The van der Waals surface area contributed by atoms with E-state index in [9.17, 15) is 4.79 Å². The maximum absolute atomic E-state index is 12.6. The number of rotatable bonds is 7. The van der Waals surface area contributed by atoms with Crippen LogP contribution >= 0.6 is 0 Å². The van der Waals surface area contributed by atoms with E-state index in [2.05, 4.69) is 4.98 Å². The number of methoxy groups -OCH3 is 1. The van der Waals surface area contributed by atoms with Crippen molar-refractivity contribution in [3.8, 4) is 5.75 Å². The molecular formula is C21H26N2O3. The molecule has 1 aliphatic heterocycles. The Balaban J connectivity index is 1.48. The second-order valence-electron chi connectivity index (χ2n) is 6.59. The summed E-state index contributed by atoms with van der Waals surface area (Å²) in [5, 5.41) is 0. The van der Waals surface area contributed by atoms with Crippen LogP contribution in [0.4, 0.5) is 0 Å². The minimum atomic E-state index is 0.0965. The van der Waals surface area contributed by atoms with Crippen LogP contribution in [0.1, 0.15) is 30.4 Å². The summed E-state index contributed by atoms with van der Waals surface area (Å²) in [4.78, 5) is 18.7. The van der Waals surface area contributed by atoms with Crippen LogP contribution in [0.2, 0.25) is 0 Å². The molecule has 1 atom stereocenters. The van der Waals surface area contributed by atoms with Crippen LogP contribution in [0.3, 0.4) is 0 Å². The van der Waals surface area contributed by atoms with E-state index in [1.165, 1.54) is 0 Å². The highest BCUT2D eigenvalue weighted by Crippen LogP contribution is 2.20. The number of carbonyl (C=O) groups is 1. The molecule has 5 nitrogen and oxygen atoms in total. The van der Waals surface area contributed by atoms with Crippen LogP contribution in [0.15, 0.2) is 48.8 Å². The van der Waals surface area contributed by atoms with Crippen LogP contribution in [0, 0.1) is 0 Å². The first-order valence-corrected chi connectivity index (χ1v) is 9.16. The third kappa shape index (κ3) is 5.05. The molecular weight excluding hydrogens is 328 g/mol. The standard InChI is InChI=1S/C21H26N2O3/c1-25-20-9-3-2-7-18(20)10-11-21(24)23-13-5-8-19(15-23)26-16-17-6-4-12-22-14-17/h2-4,6-7,9,12,14,19H,5,8,10-11,13,15-16H2,1H3. The molecule has 0 aliphatic carbocycles. The second-order valence-corrected chi connectivity index (χ2v) is 6.59. The molecule has 1 unspecified atom stereocenters. The number of likely N-dealkylation sites (tertiary alicyclic amines) is 1. The van der Waals surface area contributed by atoms with Crippen LogP contribution in [0.25, 0.3) is 0 Å². The zero-order valence-corrected chi connectivity index (χ0v) is 15.3. The first-order chi connectivity index (χ1) is 12.8. The maximum atomic E-state index is 12.6. The van der Waals surface area contributed by atoms with Gasteiger partial charge in [-0.05, 0) is 42.5 Å². The summed E-state index contributed by atoms with van der Waals surface area (Å²) >= 11 is 0. The molecule has 0 saturated carbocycles. The lowest BCUT2D eigenvalue weighted by Gasteiger charge is -2.33. The lowest BCUT2D eigenvalue weighted by molar-refractivity contribution is -0.135. The molecule has 1 amide bonds. The summed E-state index contributed by atoms with van der Waals surface area (Å²) < 4.78 is 11.4. The fourth-order valence-corrected chi connectivity index (χ4v) is 3.31. The molecule has 2 heterocycles. The van der Waals surface area contributed by atoms with Gasteiger partial charge in [-0.25, -0.2) is 0 Å². The third-order valence-corrected chi connectivity index (χ3v) is 4.74. The Hall–Kier alpha value is -2.40. The van der Waals surface area contributed by atoms with E-state index in [1.54, 1.807) is 13.3 Å². The van der Waals surface area contributed by atoms with Crippen LogP contribution in [0.5, 0.6) is 5.75 Å². The minimum Gasteiger partial charge on any atom is -0.496 e. The van der Waals surface area contributed by atoms with Gasteiger partial charge in [0.15, 0.2) is 0 Å². The number of aryl methyl sites for hydroxylation is 1. The van der Waals surface area contributed by atoms with Crippen LogP contribution in [-0.4, -0.2) is 42.1 Å². The van der Waals surface area contributed by atoms with Gasteiger partial charge in [0.25, 0.3) is 0 Å². The summed E-state index contributed by atoms with van der Waals surface area (Å²) in [7, 11) is 1.66. The number of hydrogen-bond donors (Lipinski definition) is 0. The molecule has 1 aromatic heterocycles. The molecule has 0 spiro atoms. The summed E-state index contributed by atoms with van der Waals surface area (Å²) in [5.74, 6) is 1.03. The normalized spacial score (nSPS) is 17.1.